The normalized spacial score (nSPS) is 17.8. The van der Waals surface area contributed by atoms with Gasteiger partial charge in [-0.3, -0.25) is 0 Å². The fourth-order valence-corrected chi connectivity index (χ4v) is 3.59. The summed E-state index contributed by atoms with van der Waals surface area (Å²) >= 11 is 0. The molecule has 1 aromatic carbocycles. The molecule has 2 N–H and O–H groups in total. The van der Waals surface area contributed by atoms with Crippen LogP contribution in [0.1, 0.15) is 26.7 Å². The van der Waals surface area contributed by atoms with Crippen molar-refractivity contribution in [3.8, 4) is 0 Å². The number of piperidine rings is 1. The Morgan fingerprint density at radius 2 is 1.77 bits per heavy atom. The van der Waals surface area contributed by atoms with E-state index in [0.29, 0.717) is 16.9 Å². The van der Waals surface area contributed by atoms with E-state index in [1.54, 1.807) is 12.1 Å². The van der Waals surface area contributed by atoms with E-state index in [9.17, 15) is 8.42 Å². The third-order valence-corrected chi connectivity index (χ3v) is 5.45. The largest absolute Gasteiger partial charge is 0.382 e. The Hall–Kier alpha value is -1.11. The molecule has 0 aliphatic carbocycles. The summed E-state index contributed by atoms with van der Waals surface area (Å²) in [5.74, 6) is 0.714. The Morgan fingerprint density at radius 1 is 1.18 bits per heavy atom. The Bertz CT molecular complexity index is 562. The van der Waals surface area contributed by atoms with Gasteiger partial charge in [0.15, 0.2) is 0 Å². The van der Waals surface area contributed by atoms with Crippen molar-refractivity contribution in [2.24, 2.45) is 5.92 Å². The van der Waals surface area contributed by atoms with Gasteiger partial charge in [-0.25, -0.2) is 13.1 Å². The predicted octanol–water partition coefficient (Wildman–Crippen LogP) is 2.13. The van der Waals surface area contributed by atoms with Crippen LogP contribution in [0.15, 0.2) is 29.2 Å². The van der Waals surface area contributed by atoms with E-state index in [4.69, 9.17) is 0 Å². The van der Waals surface area contributed by atoms with Crippen LogP contribution in [0.3, 0.4) is 0 Å². The highest BCUT2D eigenvalue weighted by Gasteiger charge is 2.19. The average Bonchev–Trinajstić information content (AvgIpc) is 2.49. The second-order valence-corrected chi connectivity index (χ2v) is 8.23. The van der Waals surface area contributed by atoms with Gasteiger partial charge in [0.05, 0.1) is 4.90 Å². The molecule has 1 aliphatic rings. The molecule has 0 amide bonds. The minimum absolute atomic E-state index is 0.298. The predicted molar refractivity (Wildman–Crippen MR) is 90.6 cm³/mol. The summed E-state index contributed by atoms with van der Waals surface area (Å²) in [5, 5.41) is 3.51. The Morgan fingerprint density at radius 3 is 2.27 bits per heavy atom. The van der Waals surface area contributed by atoms with Crippen molar-refractivity contribution >= 4 is 15.7 Å². The van der Waals surface area contributed by atoms with Gasteiger partial charge in [0.2, 0.25) is 10.0 Å². The first-order chi connectivity index (χ1) is 10.4. The summed E-state index contributed by atoms with van der Waals surface area (Å²) < 4.78 is 25.7. The zero-order valence-electron chi connectivity index (χ0n) is 13.7. The van der Waals surface area contributed by atoms with Crippen molar-refractivity contribution in [2.45, 2.75) is 37.6 Å². The molecule has 1 fully saturated rings. The third-order valence-electron chi connectivity index (χ3n) is 4.02. The van der Waals surface area contributed by atoms with Crippen molar-refractivity contribution in [1.29, 1.82) is 0 Å². The monoisotopic (exact) mass is 325 g/mol. The number of sulfonamides is 1. The number of nitrogens with one attached hydrogen (secondary N) is 2. The second-order valence-electron chi connectivity index (χ2n) is 6.35. The molecule has 124 valence electrons. The van der Waals surface area contributed by atoms with Crippen LogP contribution in [0.4, 0.5) is 5.69 Å². The van der Waals surface area contributed by atoms with Crippen LogP contribution in [0.2, 0.25) is 0 Å². The molecule has 1 aliphatic heterocycles. The second kappa shape index (κ2) is 7.44. The standard InChI is InChI=1S/C16H27N3O2S/c1-13(2)12-19-10-8-15(9-11-19)18-14-4-6-16(7-5-14)22(20,21)17-3/h4-7,13,15,17-18H,8-12H2,1-3H3. The highest BCUT2D eigenvalue weighted by Crippen LogP contribution is 2.19. The molecule has 0 aromatic heterocycles. The van der Waals surface area contributed by atoms with Crippen LogP contribution in [0.5, 0.6) is 0 Å². The van der Waals surface area contributed by atoms with Crippen LogP contribution in [-0.4, -0.2) is 46.0 Å². The molecule has 1 aromatic rings. The average molecular weight is 325 g/mol. The fourth-order valence-electron chi connectivity index (χ4n) is 2.86. The third kappa shape index (κ3) is 4.69. The molecule has 0 atom stereocenters. The zero-order valence-corrected chi connectivity index (χ0v) is 14.5. The van der Waals surface area contributed by atoms with Crippen LogP contribution in [0, 0.1) is 5.92 Å². The van der Waals surface area contributed by atoms with Crippen molar-refractivity contribution < 1.29 is 8.42 Å². The van der Waals surface area contributed by atoms with Gasteiger partial charge in [-0.05, 0) is 50.1 Å². The van der Waals surface area contributed by atoms with E-state index in [1.165, 1.54) is 13.6 Å². The van der Waals surface area contributed by atoms with Gasteiger partial charge in [0, 0.05) is 31.4 Å². The first kappa shape index (κ1) is 17.2. The van der Waals surface area contributed by atoms with Crippen molar-refractivity contribution in [3.05, 3.63) is 24.3 Å². The maximum absolute atomic E-state index is 11.7. The first-order valence-corrected chi connectivity index (χ1v) is 9.41. The molecule has 0 spiro atoms. The highest BCUT2D eigenvalue weighted by molar-refractivity contribution is 7.89. The van der Waals surface area contributed by atoms with E-state index in [0.717, 1.165) is 31.6 Å². The van der Waals surface area contributed by atoms with Crippen LogP contribution in [-0.2, 0) is 10.0 Å². The van der Waals surface area contributed by atoms with Gasteiger partial charge in [-0.15, -0.1) is 0 Å². The number of nitrogens with zero attached hydrogens (tertiary/aromatic N) is 1. The minimum Gasteiger partial charge on any atom is -0.382 e. The van der Waals surface area contributed by atoms with E-state index in [1.807, 2.05) is 12.1 Å². The van der Waals surface area contributed by atoms with Gasteiger partial charge >= 0.3 is 0 Å². The lowest BCUT2D eigenvalue weighted by Gasteiger charge is -2.33. The summed E-state index contributed by atoms with van der Waals surface area (Å²) in [7, 11) is -1.93. The Balaban J connectivity index is 1.88. The lowest BCUT2D eigenvalue weighted by Crippen LogP contribution is -2.40. The molecule has 1 heterocycles. The van der Waals surface area contributed by atoms with Crippen molar-refractivity contribution in [1.82, 2.24) is 9.62 Å². The van der Waals surface area contributed by atoms with E-state index in [2.05, 4.69) is 28.8 Å². The summed E-state index contributed by atoms with van der Waals surface area (Å²) in [4.78, 5) is 2.82. The number of anilines is 1. The van der Waals surface area contributed by atoms with Gasteiger partial charge in [-0.1, -0.05) is 13.8 Å². The number of hydrogen-bond acceptors (Lipinski definition) is 4. The summed E-state index contributed by atoms with van der Waals surface area (Å²) in [6.45, 7) is 7.93. The Kier molecular flexibility index (Phi) is 5.83. The fraction of sp³-hybridized carbons (Fsp3) is 0.625. The molecule has 0 unspecified atom stereocenters. The lowest BCUT2D eigenvalue weighted by atomic mass is 10.0. The maximum atomic E-state index is 11.7. The number of hydrogen-bond donors (Lipinski definition) is 2. The molecule has 0 bridgehead atoms. The lowest BCUT2D eigenvalue weighted by molar-refractivity contribution is 0.198. The van der Waals surface area contributed by atoms with Crippen LogP contribution in [0.25, 0.3) is 0 Å². The quantitative estimate of drug-likeness (QED) is 0.841. The molecule has 0 radical (unpaired) electrons. The first-order valence-electron chi connectivity index (χ1n) is 7.93. The smallest absolute Gasteiger partial charge is 0.240 e. The van der Waals surface area contributed by atoms with E-state index >= 15 is 0 Å². The van der Waals surface area contributed by atoms with E-state index < -0.39 is 10.0 Å². The number of rotatable bonds is 6. The minimum atomic E-state index is -3.35. The van der Waals surface area contributed by atoms with Crippen LogP contribution < -0.4 is 10.0 Å². The van der Waals surface area contributed by atoms with Crippen LogP contribution >= 0.6 is 0 Å². The molecule has 22 heavy (non-hydrogen) atoms. The number of benzene rings is 1. The molecular weight excluding hydrogens is 298 g/mol. The van der Waals surface area contributed by atoms with Gasteiger partial charge < -0.3 is 10.2 Å². The molecule has 6 heteroatoms. The van der Waals surface area contributed by atoms with E-state index in [-0.39, 0.29) is 0 Å². The molecule has 2 rings (SSSR count). The SMILES string of the molecule is CNS(=O)(=O)c1ccc(NC2CCN(CC(C)C)CC2)cc1. The zero-order chi connectivity index (χ0) is 16.2. The summed E-state index contributed by atoms with van der Waals surface area (Å²) in [6.07, 6.45) is 2.26. The summed E-state index contributed by atoms with van der Waals surface area (Å²) in [5.41, 5.74) is 0.984. The molecular formula is C16H27N3O2S. The van der Waals surface area contributed by atoms with Gasteiger partial charge in [0.25, 0.3) is 0 Å². The Labute approximate surface area is 134 Å². The molecule has 0 saturated carbocycles. The van der Waals surface area contributed by atoms with Crippen molar-refractivity contribution in [2.75, 3.05) is 32.0 Å². The molecule has 1 saturated heterocycles. The van der Waals surface area contributed by atoms with Gasteiger partial charge in [0.1, 0.15) is 0 Å². The molecule has 5 nitrogen and oxygen atoms in total. The van der Waals surface area contributed by atoms with Crippen molar-refractivity contribution in [3.63, 3.8) is 0 Å². The van der Waals surface area contributed by atoms with Gasteiger partial charge in [-0.2, -0.15) is 0 Å². The summed E-state index contributed by atoms with van der Waals surface area (Å²) in [6, 6.07) is 7.43. The highest BCUT2D eigenvalue weighted by atomic mass is 32.2. The number of likely N-dealkylation sites (tertiary alicyclic amines) is 1. The topological polar surface area (TPSA) is 61.4 Å². The maximum Gasteiger partial charge on any atom is 0.240 e.